The average molecular weight is 228 g/mol. The minimum absolute atomic E-state index is 0.0235. The van der Waals surface area contributed by atoms with Gasteiger partial charge in [0.05, 0.1) is 0 Å². The third-order valence-corrected chi connectivity index (χ3v) is 3.11. The van der Waals surface area contributed by atoms with Crippen molar-refractivity contribution in [3.05, 3.63) is 0 Å². The van der Waals surface area contributed by atoms with Crippen LogP contribution in [0.4, 0.5) is 0 Å². The summed E-state index contributed by atoms with van der Waals surface area (Å²) in [5.74, 6) is -1.09. The highest BCUT2D eigenvalue weighted by Crippen LogP contribution is 2.16. The van der Waals surface area contributed by atoms with Crippen molar-refractivity contribution >= 4 is 11.9 Å². The molecule has 0 aromatic rings. The van der Waals surface area contributed by atoms with E-state index < -0.39 is 12.0 Å². The maximum absolute atomic E-state index is 11.8. The molecule has 92 valence electrons. The summed E-state index contributed by atoms with van der Waals surface area (Å²) >= 11 is 0. The first-order valence-corrected chi connectivity index (χ1v) is 5.76. The van der Waals surface area contributed by atoms with Gasteiger partial charge in [0.25, 0.3) is 0 Å². The second kappa shape index (κ2) is 5.84. The summed E-state index contributed by atoms with van der Waals surface area (Å²) in [5.41, 5.74) is 0. The molecule has 1 aliphatic rings. The van der Waals surface area contributed by atoms with E-state index in [1.165, 1.54) is 0 Å². The number of carboxylic acid groups (broad SMARTS) is 1. The zero-order valence-electron chi connectivity index (χ0n) is 9.90. The van der Waals surface area contributed by atoms with Crippen LogP contribution in [0.5, 0.6) is 0 Å². The average Bonchev–Trinajstić information content (AvgIpc) is 2.26. The Morgan fingerprint density at radius 2 is 2.00 bits per heavy atom. The third-order valence-electron chi connectivity index (χ3n) is 3.11. The number of carbonyl (C=O) groups excluding carboxylic acids is 1. The van der Waals surface area contributed by atoms with Crippen LogP contribution < -0.4 is 5.32 Å². The van der Waals surface area contributed by atoms with Crippen LogP contribution in [0.25, 0.3) is 0 Å². The van der Waals surface area contributed by atoms with Crippen LogP contribution in [0.2, 0.25) is 0 Å². The molecular formula is C11H20N2O3. The van der Waals surface area contributed by atoms with Crippen molar-refractivity contribution in [3.8, 4) is 0 Å². The molecule has 16 heavy (non-hydrogen) atoms. The molecule has 2 N–H and O–H groups in total. The van der Waals surface area contributed by atoms with Gasteiger partial charge in [-0.1, -0.05) is 6.92 Å². The standard InChI is InChI=1S/C11H20N2O3/c1-3-9(11(15)16)12-10(14)8-4-6-13(2)7-5-8/h8-9H,3-7H2,1-2H3,(H,12,14)(H,15,16). The number of nitrogens with one attached hydrogen (secondary N) is 1. The molecule has 1 atom stereocenters. The van der Waals surface area contributed by atoms with Crippen LogP contribution in [0.1, 0.15) is 26.2 Å². The maximum Gasteiger partial charge on any atom is 0.326 e. The van der Waals surface area contributed by atoms with Crippen LogP contribution in [0, 0.1) is 5.92 Å². The molecule has 1 saturated heterocycles. The fourth-order valence-electron chi connectivity index (χ4n) is 1.90. The van der Waals surface area contributed by atoms with Crippen molar-refractivity contribution in [1.82, 2.24) is 10.2 Å². The van der Waals surface area contributed by atoms with Gasteiger partial charge in [-0.15, -0.1) is 0 Å². The van der Waals surface area contributed by atoms with Gasteiger partial charge in [0.2, 0.25) is 5.91 Å². The van der Waals surface area contributed by atoms with E-state index in [9.17, 15) is 9.59 Å². The Morgan fingerprint density at radius 3 is 2.44 bits per heavy atom. The van der Waals surface area contributed by atoms with E-state index in [0.29, 0.717) is 6.42 Å². The molecule has 1 aliphatic heterocycles. The summed E-state index contributed by atoms with van der Waals surface area (Å²) in [7, 11) is 2.03. The number of hydrogen-bond acceptors (Lipinski definition) is 3. The first-order chi connectivity index (χ1) is 7.54. The predicted octanol–water partition coefficient (Wildman–Crippen LogP) is 0.308. The highest BCUT2D eigenvalue weighted by atomic mass is 16.4. The molecule has 0 radical (unpaired) electrons. The summed E-state index contributed by atoms with van der Waals surface area (Å²) < 4.78 is 0. The molecule has 1 unspecified atom stereocenters. The Hall–Kier alpha value is -1.10. The molecule has 1 heterocycles. The number of likely N-dealkylation sites (tertiary alicyclic amines) is 1. The molecule has 1 amide bonds. The minimum atomic E-state index is -0.955. The van der Waals surface area contributed by atoms with Crippen LogP contribution in [-0.2, 0) is 9.59 Å². The lowest BCUT2D eigenvalue weighted by Gasteiger charge is -2.28. The summed E-state index contributed by atoms with van der Waals surface area (Å²) in [5, 5.41) is 11.4. The van der Waals surface area contributed by atoms with Crippen LogP contribution in [0.3, 0.4) is 0 Å². The number of nitrogens with zero attached hydrogens (tertiary/aromatic N) is 1. The fourth-order valence-corrected chi connectivity index (χ4v) is 1.90. The second-order valence-electron chi connectivity index (χ2n) is 4.39. The molecular weight excluding hydrogens is 208 g/mol. The maximum atomic E-state index is 11.8. The number of aliphatic carboxylic acids is 1. The Morgan fingerprint density at radius 1 is 1.44 bits per heavy atom. The van der Waals surface area contributed by atoms with Gasteiger partial charge in [-0.2, -0.15) is 0 Å². The van der Waals surface area contributed by atoms with Gasteiger partial charge in [0.1, 0.15) is 6.04 Å². The lowest BCUT2D eigenvalue weighted by Crippen LogP contribution is -2.45. The van der Waals surface area contributed by atoms with E-state index in [2.05, 4.69) is 10.2 Å². The number of hydrogen-bond donors (Lipinski definition) is 2. The zero-order valence-corrected chi connectivity index (χ0v) is 9.90. The molecule has 0 saturated carbocycles. The summed E-state index contributed by atoms with van der Waals surface area (Å²) in [4.78, 5) is 24.7. The van der Waals surface area contributed by atoms with Crippen molar-refractivity contribution < 1.29 is 14.7 Å². The summed E-state index contributed by atoms with van der Waals surface area (Å²) in [6.45, 7) is 3.57. The van der Waals surface area contributed by atoms with Crippen molar-refractivity contribution in [2.45, 2.75) is 32.2 Å². The Bertz CT molecular complexity index is 260. The highest BCUT2D eigenvalue weighted by Gasteiger charge is 2.26. The smallest absolute Gasteiger partial charge is 0.326 e. The fraction of sp³-hybridized carbons (Fsp3) is 0.818. The molecule has 0 aromatic heterocycles. The predicted molar refractivity (Wildman–Crippen MR) is 60.1 cm³/mol. The number of carboxylic acids is 1. The van der Waals surface area contributed by atoms with E-state index in [1.54, 1.807) is 6.92 Å². The van der Waals surface area contributed by atoms with Gasteiger partial charge in [-0.05, 0) is 39.4 Å². The summed E-state index contributed by atoms with van der Waals surface area (Å²) in [6.07, 6.45) is 2.06. The van der Waals surface area contributed by atoms with Crippen molar-refractivity contribution in [1.29, 1.82) is 0 Å². The number of amides is 1. The van der Waals surface area contributed by atoms with Crippen molar-refractivity contribution in [3.63, 3.8) is 0 Å². The Kier molecular flexibility index (Phi) is 4.73. The monoisotopic (exact) mass is 228 g/mol. The quantitative estimate of drug-likeness (QED) is 0.726. The molecule has 1 fully saturated rings. The van der Waals surface area contributed by atoms with E-state index >= 15 is 0 Å². The zero-order chi connectivity index (χ0) is 12.1. The normalized spacial score (nSPS) is 20.4. The Labute approximate surface area is 95.8 Å². The second-order valence-corrected chi connectivity index (χ2v) is 4.39. The van der Waals surface area contributed by atoms with Crippen molar-refractivity contribution in [2.24, 2.45) is 5.92 Å². The van der Waals surface area contributed by atoms with E-state index in [4.69, 9.17) is 5.11 Å². The molecule has 0 aromatic carbocycles. The molecule has 1 rings (SSSR count). The summed E-state index contributed by atoms with van der Waals surface area (Å²) in [6, 6.07) is -0.743. The highest BCUT2D eigenvalue weighted by molar-refractivity contribution is 5.84. The first-order valence-electron chi connectivity index (χ1n) is 5.76. The first kappa shape index (κ1) is 13.0. The molecule has 5 nitrogen and oxygen atoms in total. The van der Waals surface area contributed by atoms with Gasteiger partial charge >= 0.3 is 5.97 Å². The number of piperidine rings is 1. The third kappa shape index (κ3) is 3.48. The lowest BCUT2D eigenvalue weighted by atomic mass is 9.96. The molecule has 5 heteroatoms. The van der Waals surface area contributed by atoms with Crippen LogP contribution in [-0.4, -0.2) is 48.1 Å². The van der Waals surface area contributed by atoms with Gasteiger partial charge < -0.3 is 15.3 Å². The van der Waals surface area contributed by atoms with Crippen molar-refractivity contribution in [2.75, 3.05) is 20.1 Å². The largest absolute Gasteiger partial charge is 0.480 e. The van der Waals surface area contributed by atoms with Gasteiger partial charge in [-0.3, -0.25) is 4.79 Å². The van der Waals surface area contributed by atoms with Crippen LogP contribution >= 0.6 is 0 Å². The number of rotatable bonds is 4. The SMILES string of the molecule is CCC(NC(=O)C1CCN(C)CC1)C(=O)O. The molecule has 0 aliphatic carbocycles. The van der Waals surface area contributed by atoms with E-state index in [0.717, 1.165) is 25.9 Å². The van der Waals surface area contributed by atoms with E-state index in [1.807, 2.05) is 7.05 Å². The van der Waals surface area contributed by atoms with Gasteiger partial charge in [0, 0.05) is 5.92 Å². The minimum Gasteiger partial charge on any atom is -0.480 e. The molecule has 0 bridgehead atoms. The number of carbonyl (C=O) groups is 2. The topological polar surface area (TPSA) is 69.6 Å². The van der Waals surface area contributed by atoms with Gasteiger partial charge in [0.15, 0.2) is 0 Å². The van der Waals surface area contributed by atoms with Crippen LogP contribution in [0.15, 0.2) is 0 Å². The Balaban J connectivity index is 2.42. The van der Waals surface area contributed by atoms with E-state index in [-0.39, 0.29) is 11.8 Å². The molecule has 0 spiro atoms. The lowest BCUT2D eigenvalue weighted by molar-refractivity contribution is -0.142. The van der Waals surface area contributed by atoms with Gasteiger partial charge in [-0.25, -0.2) is 4.79 Å².